The Morgan fingerprint density at radius 3 is 1.37 bits per heavy atom. The van der Waals surface area contributed by atoms with Crippen LogP contribution in [0.25, 0.3) is 32.7 Å². The first-order chi connectivity index (χ1) is 14.4. The molecule has 0 N–H and O–H groups in total. The number of halogens is 2. The Balaban J connectivity index is 2.24. The number of rotatable bonds is 5. The van der Waals surface area contributed by atoms with Gasteiger partial charge in [0.05, 0.1) is 0 Å². The molecule has 0 atom stereocenters. The van der Waals surface area contributed by atoms with Gasteiger partial charge in [-0.05, 0) is 72.5 Å². The van der Waals surface area contributed by atoms with Crippen molar-refractivity contribution >= 4 is 21.5 Å². The molecular formula is C26H24F2O2. The summed E-state index contributed by atoms with van der Waals surface area (Å²) in [6.45, 7) is 5.95. The Hall–Kier alpha value is -3.14. The van der Waals surface area contributed by atoms with E-state index in [-0.39, 0.29) is 0 Å². The van der Waals surface area contributed by atoms with Crippen LogP contribution in [0, 0.1) is 27.7 Å². The Bertz CT molecular complexity index is 1160. The number of aryl methyl sites for hydroxylation is 4. The second kappa shape index (κ2) is 7.94. The molecule has 4 aromatic rings. The van der Waals surface area contributed by atoms with E-state index in [0.717, 1.165) is 54.9 Å². The van der Waals surface area contributed by atoms with E-state index in [1.54, 1.807) is 0 Å². The van der Waals surface area contributed by atoms with Crippen molar-refractivity contribution in [1.29, 1.82) is 0 Å². The number of fused-ring (bicyclic) bond motifs is 2. The maximum absolute atomic E-state index is 13.4. The number of ether oxygens (including phenoxy) is 2. The minimum atomic E-state index is -0.951. The monoisotopic (exact) mass is 406 g/mol. The fourth-order valence-corrected chi connectivity index (χ4v) is 4.27. The van der Waals surface area contributed by atoms with E-state index < -0.39 is 13.7 Å². The highest BCUT2D eigenvalue weighted by Crippen LogP contribution is 2.48. The van der Waals surface area contributed by atoms with Crippen LogP contribution in [0.1, 0.15) is 22.3 Å². The van der Waals surface area contributed by atoms with E-state index in [2.05, 4.69) is 12.1 Å². The van der Waals surface area contributed by atoms with Gasteiger partial charge in [0, 0.05) is 11.1 Å². The number of hydrogen-bond acceptors (Lipinski definition) is 2. The molecule has 0 unspecified atom stereocenters. The molecule has 0 amide bonds. The van der Waals surface area contributed by atoms with Crippen molar-refractivity contribution < 1.29 is 18.3 Å². The summed E-state index contributed by atoms with van der Waals surface area (Å²) in [5.41, 5.74) is 5.32. The molecule has 2 nitrogen and oxygen atoms in total. The van der Waals surface area contributed by atoms with Crippen LogP contribution in [0.5, 0.6) is 11.5 Å². The van der Waals surface area contributed by atoms with E-state index >= 15 is 0 Å². The fraction of sp³-hybridized carbons (Fsp3) is 0.231. The highest BCUT2D eigenvalue weighted by atomic mass is 19.1. The number of hydrogen-bond donors (Lipinski definition) is 0. The first-order valence-corrected chi connectivity index (χ1v) is 9.90. The predicted molar refractivity (Wildman–Crippen MR) is 119 cm³/mol. The minimum absolute atomic E-state index is 0.449. The van der Waals surface area contributed by atoms with Crippen molar-refractivity contribution in [3.8, 4) is 22.6 Å². The Kier molecular flexibility index (Phi) is 5.33. The maximum Gasteiger partial charge on any atom is 0.228 e. The molecule has 0 spiro atoms. The smallest absolute Gasteiger partial charge is 0.228 e. The van der Waals surface area contributed by atoms with Crippen molar-refractivity contribution in [3.05, 3.63) is 70.8 Å². The quantitative estimate of drug-likeness (QED) is 0.341. The third kappa shape index (κ3) is 3.36. The van der Waals surface area contributed by atoms with Crippen LogP contribution in [-0.2, 0) is 0 Å². The SMILES string of the molecule is Cc1ccc2c(-c3c(OCF)c(C)cc4cc(C)ccc34)c(OCF)c(C)cc2c1. The van der Waals surface area contributed by atoms with Crippen molar-refractivity contribution in [1.82, 2.24) is 0 Å². The topological polar surface area (TPSA) is 18.5 Å². The standard InChI is InChI=1S/C26H24F2O2/c1-15-5-7-21-19(9-15)11-17(3)25(29-13-27)23(21)24-22-8-6-16(2)10-20(22)12-18(4)26(24)30-14-28/h5-12H,13-14H2,1-4H3. The summed E-state index contributed by atoms with van der Waals surface area (Å²) in [7, 11) is 0. The minimum Gasteiger partial charge on any atom is -0.462 e. The highest BCUT2D eigenvalue weighted by Gasteiger charge is 2.22. The van der Waals surface area contributed by atoms with Crippen molar-refractivity contribution in [3.63, 3.8) is 0 Å². The normalized spacial score (nSPS) is 11.3. The van der Waals surface area contributed by atoms with Crippen molar-refractivity contribution in [2.45, 2.75) is 27.7 Å². The van der Waals surface area contributed by atoms with Crippen LogP contribution in [0.4, 0.5) is 8.78 Å². The highest BCUT2D eigenvalue weighted by molar-refractivity contribution is 6.11. The van der Waals surface area contributed by atoms with Gasteiger partial charge in [-0.25, -0.2) is 8.78 Å². The van der Waals surface area contributed by atoms with Gasteiger partial charge in [-0.1, -0.05) is 47.5 Å². The molecule has 0 aromatic heterocycles. The lowest BCUT2D eigenvalue weighted by molar-refractivity contribution is 0.188. The largest absolute Gasteiger partial charge is 0.462 e. The molecule has 0 bridgehead atoms. The molecule has 4 aromatic carbocycles. The summed E-state index contributed by atoms with van der Waals surface area (Å²) in [6, 6.07) is 16.2. The summed E-state index contributed by atoms with van der Waals surface area (Å²) in [5.74, 6) is 0.898. The summed E-state index contributed by atoms with van der Waals surface area (Å²) < 4.78 is 37.8. The lowest BCUT2D eigenvalue weighted by atomic mass is 9.88. The van der Waals surface area contributed by atoms with Gasteiger partial charge in [0.1, 0.15) is 11.5 Å². The van der Waals surface area contributed by atoms with Crippen LogP contribution in [-0.4, -0.2) is 13.7 Å². The number of alkyl halides is 2. The molecule has 0 saturated heterocycles. The zero-order chi connectivity index (χ0) is 21.4. The Morgan fingerprint density at radius 1 is 0.600 bits per heavy atom. The second-order valence-electron chi connectivity index (χ2n) is 7.75. The van der Waals surface area contributed by atoms with Gasteiger partial charge >= 0.3 is 0 Å². The van der Waals surface area contributed by atoms with Gasteiger partial charge in [-0.2, -0.15) is 0 Å². The van der Waals surface area contributed by atoms with Gasteiger partial charge in [0.15, 0.2) is 0 Å². The van der Waals surface area contributed by atoms with Gasteiger partial charge in [-0.15, -0.1) is 0 Å². The lowest BCUT2D eigenvalue weighted by Gasteiger charge is -2.21. The molecule has 30 heavy (non-hydrogen) atoms. The van der Waals surface area contributed by atoms with E-state index in [1.165, 1.54) is 0 Å². The summed E-state index contributed by atoms with van der Waals surface area (Å²) in [6.07, 6.45) is 0. The molecule has 0 radical (unpaired) electrons. The summed E-state index contributed by atoms with van der Waals surface area (Å²) in [4.78, 5) is 0. The lowest BCUT2D eigenvalue weighted by Crippen LogP contribution is -2.02. The second-order valence-corrected chi connectivity index (χ2v) is 7.75. The Labute approximate surface area is 175 Å². The number of benzene rings is 4. The molecule has 4 heteroatoms. The molecule has 0 aliphatic carbocycles. The fourth-order valence-electron chi connectivity index (χ4n) is 4.27. The van der Waals surface area contributed by atoms with Crippen molar-refractivity contribution in [2.75, 3.05) is 13.7 Å². The van der Waals surface area contributed by atoms with Crippen LogP contribution < -0.4 is 9.47 Å². The molecule has 0 heterocycles. The van der Waals surface area contributed by atoms with Gasteiger partial charge in [0.2, 0.25) is 13.7 Å². The molecule has 0 saturated carbocycles. The zero-order valence-corrected chi connectivity index (χ0v) is 17.6. The zero-order valence-electron chi connectivity index (χ0n) is 17.6. The third-order valence-corrected chi connectivity index (χ3v) is 5.52. The molecular weight excluding hydrogens is 382 g/mol. The van der Waals surface area contributed by atoms with Gasteiger partial charge in [0.25, 0.3) is 0 Å². The van der Waals surface area contributed by atoms with Crippen molar-refractivity contribution in [2.24, 2.45) is 0 Å². The van der Waals surface area contributed by atoms with Crippen LogP contribution in [0.2, 0.25) is 0 Å². The van der Waals surface area contributed by atoms with Crippen LogP contribution in [0.15, 0.2) is 48.5 Å². The summed E-state index contributed by atoms with van der Waals surface area (Å²) >= 11 is 0. The average Bonchev–Trinajstić information content (AvgIpc) is 2.70. The van der Waals surface area contributed by atoms with E-state index in [1.807, 2.05) is 64.1 Å². The first kappa shape index (κ1) is 20.1. The van der Waals surface area contributed by atoms with E-state index in [9.17, 15) is 8.78 Å². The molecule has 0 fully saturated rings. The average molecular weight is 406 g/mol. The van der Waals surface area contributed by atoms with Crippen LogP contribution in [0.3, 0.4) is 0 Å². The van der Waals surface area contributed by atoms with Gasteiger partial charge in [-0.3, -0.25) is 0 Å². The Morgan fingerprint density at radius 2 is 1.00 bits per heavy atom. The molecule has 0 aliphatic rings. The van der Waals surface area contributed by atoms with E-state index in [4.69, 9.17) is 9.47 Å². The molecule has 4 rings (SSSR count). The molecule has 0 aliphatic heterocycles. The maximum atomic E-state index is 13.4. The van der Waals surface area contributed by atoms with Gasteiger partial charge < -0.3 is 9.47 Å². The molecule has 154 valence electrons. The summed E-state index contributed by atoms with van der Waals surface area (Å²) in [5, 5.41) is 3.85. The first-order valence-electron chi connectivity index (χ1n) is 9.90. The van der Waals surface area contributed by atoms with E-state index in [0.29, 0.717) is 11.5 Å². The predicted octanol–water partition coefficient (Wildman–Crippen LogP) is 7.51. The third-order valence-electron chi connectivity index (χ3n) is 5.52. The van der Waals surface area contributed by atoms with Crippen LogP contribution >= 0.6 is 0 Å².